The van der Waals surface area contributed by atoms with Crippen LogP contribution in [0.5, 0.6) is 0 Å². The summed E-state index contributed by atoms with van der Waals surface area (Å²) < 4.78 is 5.27. The molecule has 1 aliphatic rings. The maximum Gasteiger partial charge on any atom is 0.136 e. The highest BCUT2D eigenvalue weighted by Crippen LogP contribution is 2.30. The van der Waals surface area contributed by atoms with E-state index in [2.05, 4.69) is 0 Å². The number of halogens is 2. The first-order chi connectivity index (χ1) is 7.16. The predicted octanol–water partition coefficient (Wildman–Crippen LogP) is 3.33. The van der Waals surface area contributed by atoms with Gasteiger partial charge in [-0.2, -0.15) is 0 Å². The van der Waals surface area contributed by atoms with Crippen molar-refractivity contribution in [2.45, 2.75) is 12.5 Å². The van der Waals surface area contributed by atoms with E-state index in [1.54, 1.807) is 18.2 Å². The van der Waals surface area contributed by atoms with Gasteiger partial charge in [0.15, 0.2) is 0 Å². The quantitative estimate of drug-likeness (QED) is 0.865. The van der Waals surface area contributed by atoms with Crippen LogP contribution in [0, 0.1) is 0 Å². The molecule has 15 heavy (non-hydrogen) atoms. The van der Waals surface area contributed by atoms with Gasteiger partial charge in [-0.15, -0.1) is 0 Å². The highest BCUT2D eigenvalue weighted by molar-refractivity contribution is 6.34. The predicted molar refractivity (Wildman–Crippen MR) is 60.1 cm³/mol. The molecule has 0 aromatic heterocycles. The highest BCUT2D eigenvalue weighted by Gasteiger charge is 2.18. The summed E-state index contributed by atoms with van der Waals surface area (Å²) >= 11 is 11.7. The molecule has 0 radical (unpaired) electrons. The maximum absolute atomic E-state index is 9.96. The van der Waals surface area contributed by atoms with E-state index in [0.29, 0.717) is 28.0 Å². The van der Waals surface area contributed by atoms with Crippen LogP contribution in [0.2, 0.25) is 10.0 Å². The zero-order chi connectivity index (χ0) is 10.8. The standard InChI is InChI=1S/C11H10Cl2O2/c12-8-4-7(5-9(13)6-8)11(14)10-2-1-3-15-10/h2,4-6,11,14H,1,3H2. The first-order valence-corrected chi connectivity index (χ1v) is 5.39. The molecule has 0 fully saturated rings. The average molecular weight is 245 g/mol. The molecule has 0 spiro atoms. The minimum absolute atomic E-state index is 0.509. The van der Waals surface area contributed by atoms with Crippen LogP contribution in [-0.2, 0) is 4.74 Å². The van der Waals surface area contributed by atoms with Crippen molar-refractivity contribution in [3.8, 4) is 0 Å². The number of aliphatic hydroxyl groups is 1. The summed E-state index contributed by atoms with van der Waals surface area (Å²) in [4.78, 5) is 0. The van der Waals surface area contributed by atoms with E-state index in [4.69, 9.17) is 27.9 Å². The van der Waals surface area contributed by atoms with Crippen molar-refractivity contribution in [1.82, 2.24) is 0 Å². The molecule has 0 saturated carbocycles. The fourth-order valence-corrected chi connectivity index (χ4v) is 2.07. The zero-order valence-electron chi connectivity index (χ0n) is 7.91. The second kappa shape index (κ2) is 4.44. The largest absolute Gasteiger partial charge is 0.495 e. The van der Waals surface area contributed by atoms with E-state index in [1.807, 2.05) is 6.08 Å². The van der Waals surface area contributed by atoms with Crippen molar-refractivity contribution in [2.24, 2.45) is 0 Å². The van der Waals surface area contributed by atoms with Crippen LogP contribution in [0.1, 0.15) is 18.1 Å². The van der Waals surface area contributed by atoms with Crippen molar-refractivity contribution in [1.29, 1.82) is 0 Å². The third kappa shape index (κ3) is 2.46. The fourth-order valence-electron chi connectivity index (χ4n) is 1.52. The lowest BCUT2D eigenvalue weighted by Crippen LogP contribution is -2.02. The minimum atomic E-state index is -0.774. The SMILES string of the molecule is OC(C1=CCCO1)c1cc(Cl)cc(Cl)c1. The molecule has 1 unspecified atom stereocenters. The Bertz CT molecular complexity index is 381. The highest BCUT2D eigenvalue weighted by atomic mass is 35.5. The van der Waals surface area contributed by atoms with Crippen molar-refractivity contribution >= 4 is 23.2 Å². The average Bonchev–Trinajstić information content (AvgIpc) is 2.67. The van der Waals surface area contributed by atoms with Gasteiger partial charge in [-0.05, 0) is 29.8 Å². The topological polar surface area (TPSA) is 29.5 Å². The zero-order valence-corrected chi connectivity index (χ0v) is 9.42. The molecular weight excluding hydrogens is 235 g/mol. The number of rotatable bonds is 2. The minimum Gasteiger partial charge on any atom is -0.495 e. The van der Waals surface area contributed by atoms with E-state index in [1.165, 1.54) is 0 Å². The Kier molecular flexibility index (Phi) is 3.19. The van der Waals surface area contributed by atoms with Gasteiger partial charge in [-0.1, -0.05) is 23.2 Å². The number of aliphatic hydroxyl groups excluding tert-OH is 1. The van der Waals surface area contributed by atoms with E-state index in [9.17, 15) is 5.11 Å². The Morgan fingerprint density at radius 2 is 1.87 bits per heavy atom. The summed E-state index contributed by atoms with van der Waals surface area (Å²) in [5.74, 6) is 0.577. The van der Waals surface area contributed by atoms with Crippen LogP contribution in [0.4, 0.5) is 0 Å². The molecule has 1 heterocycles. The molecule has 1 atom stereocenters. The van der Waals surface area contributed by atoms with Crippen molar-refractivity contribution in [2.75, 3.05) is 6.61 Å². The van der Waals surface area contributed by atoms with Crippen LogP contribution in [0.25, 0.3) is 0 Å². The van der Waals surface area contributed by atoms with Crippen LogP contribution in [0.3, 0.4) is 0 Å². The third-order valence-corrected chi connectivity index (χ3v) is 2.64. The molecule has 80 valence electrons. The first kappa shape index (κ1) is 10.8. The van der Waals surface area contributed by atoms with Crippen LogP contribution in [0.15, 0.2) is 30.0 Å². The Labute approximate surface area is 98.1 Å². The lowest BCUT2D eigenvalue weighted by Gasteiger charge is -2.13. The summed E-state index contributed by atoms with van der Waals surface area (Å²) in [6, 6.07) is 4.99. The molecule has 0 saturated heterocycles. The van der Waals surface area contributed by atoms with E-state index >= 15 is 0 Å². The van der Waals surface area contributed by atoms with E-state index in [-0.39, 0.29) is 0 Å². The molecule has 1 N–H and O–H groups in total. The van der Waals surface area contributed by atoms with Gasteiger partial charge in [0.05, 0.1) is 6.61 Å². The second-order valence-electron chi connectivity index (χ2n) is 3.35. The Morgan fingerprint density at radius 3 is 2.40 bits per heavy atom. The number of ether oxygens (including phenoxy) is 1. The van der Waals surface area contributed by atoms with Gasteiger partial charge in [0.25, 0.3) is 0 Å². The van der Waals surface area contributed by atoms with Crippen LogP contribution in [-0.4, -0.2) is 11.7 Å². The summed E-state index contributed by atoms with van der Waals surface area (Å²) in [5.41, 5.74) is 0.653. The molecule has 1 aromatic carbocycles. The third-order valence-electron chi connectivity index (χ3n) is 2.20. The first-order valence-electron chi connectivity index (χ1n) is 4.64. The molecule has 0 bridgehead atoms. The molecule has 0 aliphatic carbocycles. The molecule has 2 nitrogen and oxygen atoms in total. The number of hydrogen-bond donors (Lipinski definition) is 1. The number of hydrogen-bond acceptors (Lipinski definition) is 2. The monoisotopic (exact) mass is 244 g/mol. The van der Waals surface area contributed by atoms with Crippen molar-refractivity contribution in [3.05, 3.63) is 45.6 Å². The van der Waals surface area contributed by atoms with Gasteiger partial charge < -0.3 is 9.84 Å². The van der Waals surface area contributed by atoms with Crippen molar-refractivity contribution < 1.29 is 9.84 Å². The van der Waals surface area contributed by atoms with Gasteiger partial charge in [0.2, 0.25) is 0 Å². The van der Waals surface area contributed by atoms with Crippen LogP contribution >= 0.6 is 23.2 Å². The molecule has 1 aromatic rings. The molecule has 0 amide bonds. The lowest BCUT2D eigenvalue weighted by molar-refractivity contribution is 0.119. The van der Waals surface area contributed by atoms with Gasteiger partial charge >= 0.3 is 0 Å². The van der Waals surface area contributed by atoms with Gasteiger partial charge in [-0.25, -0.2) is 0 Å². The second-order valence-corrected chi connectivity index (χ2v) is 4.22. The summed E-state index contributed by atoms with van der Waals surface area (Å²) in [7, 11) is 0. The fraction of sp³-hybridized carbons (Fsp3) is 0.273. The summed E-state index contributed by atoms with van der Waals surface area (Å²) in [6.45, 7) is 0.626. The maximum atomic E-state index is 9.96. The van der Waals surface area contributed by atoms with Crippen molar-refractivity contribution in [3.63, 3.8) is 0 Å². The molecule has 4 heteroatoms. The summed E-state index contributed by atoms with van der Waals surface area (Å²) in [5, 5.41) is 11.0. The molecule has 2 rings (SSSR count). The Balaban J connectivity index is 2.28. The molecule has 1 aliphatic heterocycles. The number of benzene rings is 1. The summed E-state index contributed by atoms with van der Waals surface area (Å²) in [6.07, 6.45) is 1.93. The Morgan fingerprint density at radius 1 is 1.20 bits per heavy atom. The van der Waals surface area contributed by atoms with E-state index < -0.39 is 6.10 Å². The van der Waals surface area contributed by atoms with E-state index in [0.717, 1.165) is 6.42 Å². The normalized spacial score (nSPS) is 17.1. The van der Waals surface area contributed by atoms with Gasteiger partial charge in [0.1, 0.15) is 11.9 Å². The Hall–Kier alpha value is -0.700. The van der Waals surface area contributed by atoms with Crippen LogP contribution < -0.4 is 0 Å². The smallest absolute Gasteiger partial charge is 0.136 e. The molecular formula is C11H10Cl2O2. The van der Waals surface area contributed by atoms with Gasteiger partial charge in [-0.3, -0.25) is 0 Å². The van der Waals surface area contributed by atoms with Gasteiger partial charge in [0, 0.05) is 16.5 Å². The lowest BCUT2D eigenvalue weighted by atomic mass is 10.1.